The molecule has 0 aliphatic heterocycles. The highest BCUT2D eigenvalue weighted by Gasteiger charge is 2.19. The molecule has 0 fully saturated rings. The summed E-state index contributed by atoms with van der Waals surface area (Å²) < 4.78 is 33.4. The molecule has 10 nitrogen and oxygen atoms in total. The van der Waals surface area contributed by atoms with E-state index in [2.05, 4.69) is 26.5 Å². The van der Waals surface area contributed by atoms with Crippen LogP contribution in [0.25, 0.3) is 10.8 Å². The van der Waals surface area contributed by atoms with Gasteiger partial charge in [-0.3, -0.25) is 4.79 Å². The number of methoxy groups -OCH3 is 4. The molecule has 212 valence electrons. The summed E-state index contributed by atoms with van der Waals surface area (Å²) in [7, 11) is 5.82. The summed E-state index contributed by atoms with van der Waals surface area (Å²) in [4.78, 5) is 25.1. The number of hydrazone groups is 1. The van der Waals surface area contributed by atoms with Gasteiger partial charge in [0, 0.05) is 4.47 Å². The average molecular weight is 623 g/mol. The van der Waals surface area contributed by atoms with Crippen molar-refractivity contribution in [3.05, 3.63) is 82.3 Å². The number of carbonyl (C=O) groups excluding carboxylic acids is 2. The molecule has 0 aromatic heterocycles. The zero-order valence-corrected chi connectivity index (χ0v) is 24.3. The van der Waals surface area contributed by atoms with Crippen LogP contribution in [-0.4, -0.2) is 53.1 Å². The van der Waals surface area contributed by atoms with Crippen LogP contribution in [0.5, 0.6) is 34.5 Å². The Labute approximate surface area is 244 Å². The van der Waals surface area contributed by atoms with Crippen molar-refractivity contribution in [3.8, 4) is 34.5 Å². The van der Waals surface area contributed by atoms with Crippen molar-refractivity contribution in [2.75, 3.05) is 35.0 Å². The number of hydrogen-bond acceptors (Lipinski definition) is 9. The number of halogens is 1. The molecule has 4 aromatic rings. The van der Waals surface area contributed by atoms with E-state index in [9.17, 15) is 9.59 Å². The second kappa shape index (κ2) is 13.5. The molecule has 0 spiro atoms. The fraction of sp³-hybridized carbons (Fsp3) is 0.167. The van der Waals surface area contributed by atoms with Gasteiger partial charge in [-0.05, 0) is 70.9 Å². The van der Waals surface area contributed by atoms with E-state index in [-0.39, 0.29) is 23.7 Å². The predicted molar refractivity (Wildman–Crippen MR) is 157 cm³/mol. The zero-order valence-electron chi connectivity index (χ0n) is 22.7. The van der Waals surface area contributed by atoms with Crippen molar-refractivity contribution in [2.45, 2.75) is 0 Å². The fourth-order valence-electron chi connectivity index (χ4n) is 3.85. The third-order valence-corrected chi connectivity index (χ3v) is 6.33. The van der Waals surface area contributed by atoms with E-state index in [1.165, 1.54) is 46.8 Å². The molecule has 1 amide bonds. The minimum absolute atomic E-state index is 0.184. The number of esters is 1. The Morgan fingerprint density at radius 3 is 2.15 bits per heavy atom. The summed E-state index contributed by atoms with van der Waals surface area (Å²) in [5.41, 5.74) is 3.20. The van der Waals surface area contributed by atoms with E-state index in [1.54, 1.807) is 24.3 Å². The van der Waals surface area contributed by atoms with Gasteiger partial charge in [0.2, 0.25) is 5.75 Å². The number of nitrogens with one attached hydrogen (secondary N) is 1. The highest BCUT2D eigenvalue weighted by molar-refractivity contribution is 9.10. The molecule has 0 saturated carbocycles. The summed E-state index contributed by atoms with van der Waals surface area (Å²) in [5, 5.41) is 6.02. The minimum Gasteiger partial charge on any atom is -0.493 e. The van der Waals surface area contributed by atoms with Gasteiger partial charge in [0.25, 0.3) is 5.91 Å². The summed E-state index contributed by atoms with van der Waals surface area (Å²) in [6.45, 7) is -0.210. The maximum absolute atomic E-state index is 12.9. The highest BCUT2D eigenvalue weighted by atomic mass is 79.9. The molecule has 1 N–H and O–H groups in total. The van der Waals surface area contributed by atoms with Crippen LogP contribution in [0.2, 0.25) is 0 Å². The van der Waals surface area contributed by atoms with Gasteiger partial charge in [0.1, 0.15) is 5.75 Å². The summed E-state index contributed by atoms with van der Waals surface area (Å²) in [5.74, 6) is 0.937. The van der Waals surface area contributed by atoms with Crippen molar-refractivity contribution in [1.29, 1.82) is 0 Å². The molecule has 4 rings (SSSR count). The van der Waals surface area contributed by atoms with Crippen LogP contribution in [0.1, 0.15) is 15.9 Å². The minimum atomic E-state index is -0.657. The first-order valence-corrected chi connectivity index (χ1v) is 13.0. The lowest BCUT2D eigenvalue weighted by molar-refractivity contribution is -0.123. The first kappa shape index (κ1) is 29.2. The van der Waals surface area contributed by atoms with E-state index in [0.29, 0.717) is 28.6 Å². The molecule has 0 heterocycles. The Hall–Kier alpha value is -4.77. The Kier molecular flexibility index (Phi) is 9.64. The summed E-state index contributed by atoms with van der Waals surface area (Å²) >= 11 is 3.45. The van der Waals surface area contributed by atoms with Crippen LogP contribution in [0.15, 0.2) is 76.3 Å². The first-order valence-electron chi connectivity index (χ1n) is 12.2. The van der Waals surface area contributed by atoms with Crippen LogP contribution >= 0.6 is 15.9 Å². The molecule has 11 heteroatoms. The molecule has 0 unspecified atom stereocenters. The Bertz CT molecular complexity index is 1580. The van der Waals surface area contributed by atoms with Crippen molar-refractivity contribution in [1.82, 2.24) is 5.43 Å². The highest BCUT2D eigenvalue weighted by Crippen LogP contribution is 2.39. The summed E-state index contributed by atoms with van der Waals surface area (Å²) in [6.07, 6.45) is 1.43. The standard InChI is InChI=1S/C30H27BrN2O8/c1-36-25-11-18(5-10-24(25)41-30(35)21-14-26(37-2)29(39-4)27(15-21)38-3)16-32-33-28(34)17-40-23-9-7-19-12-22(31)8-6-20(19)13-23/h5-16H,17H2,1-4H3,(H,33,34). The Morgan fingerprint density at radius 2 is 1.46 bits per heavy atom. The largest absolute Gasteiger partial charge is 0.493 e. The van der Waals surface area contributed by atoms with Crippen molar-refractivity contribution in [2.24, 2.45) is 5.10 Å². The number of amides is 1. The van der Waals surface area contributed by atoms with Gasteiger partial charge in [-0.25, -0.2) is 10.2 Å². The first-order chi connectivity index (χ1) is 19.8. The Balaban J connectivity index is 1.36. The molecule has 0 aliphatic rings. The third-order valence-electron chi connectivity index (χ3n) is 5.84. The van der Waals surface area contributed by atoms with Gasteiger partial charge in [-0.15, -0.1) is 0 Å². The molecule has 0 aliphatic carbocycles. The van der Waals surface area contributed by atoms with Crippen molar-refractivity contribution < 1.29 is 38.0 Å². The maximum atomic E-state index is 12.9. The third kappa shape index (κ3) is 7.25. The number of nitrogens with zero attached hydrogens (tertiary/aromatic N) is 1. The number of ether oxygens (including phenoxy) is 6. The molecular weight excluding hydrogens is 596 g/mol. The van der Waals surface area contributed by atoms with Crippen LogP contribution in [-0.2, 0) is 4.79 Å². The number of fused-ring (bicyclic) bond motifs is 1. The van der Waals surface area contributed by atoms with Crippen LogP contribution in [0.4, 0.5) is 0 Å². The monoisotopic (exact) mass is 622 g/mol. The van der Waals surface area contributed by atoms with E-state index >= 15 is 0 Å². The summed E-state index contributed by atoms with van der Waals surface area (Å²) in [6, 6.07) is 19.3. The maximum Gasteiger partial charge on any atom is 0.343 e. The van der Waals surface area contributed by atoms with Gasteiger partial charge in [0.15, 0.2) is 29.6 Å². The van der Waals surface area contributed by atoms with E-state index in [1.807, 2.05) is 30.3 Å². The van der Waals surface area contributed by atoms with Crippen LogP contribution in [0.3, 0.4) is 0 Å². The zero-order chi connectivity index (χ0) is 29.4. The number of carbonyl (C=O) groups is 2. The van der Waals surface area contributed by atoms with E-state index < -0.39 is 11.9 Å². The van der Waals surface area contributed by atoms with Crippen molar-refractivity contribution >= 4 is 44.8 Å². The van der Waals surface area contributed by atoms with E-state index in [0.717, 1.165) is 15.2 Å². The van der Waals surface area contributed by atoms with Crippen LogP contribution < -0.4 is 33.8 Å². The molecule has 0 saturated heterocycles. The number of rotatable bonds is 11. The van der Waals surface area contributed by atoms with Gasteiger partial charge >= 0.3 is 5.97 Å². The molecule has 0 radical (unpaired) electrons. The molecule has 0 atom stereocenters. The average Bonchev–Trinajstić information content (AvgIpc) is 2.99. The topological polar surface area (TPSA) is 114 Å². The molecule has 0 bridgehead atoms. The van der Waals surface area contributed by atoms with Gasteiger partial charge in [-0.1, -0.05) is 28.1 Å². The van der Waals surface area contributed by atoms with Crippen molar-refractivity contribution in [3.63, 3.8) is 0 Å². The van der Waals surface area contributed by atoms with Crippen LogP contribution in [0, 0.1) is 0 Å². The smallest absolute Gasteiger partial charge is 0.343 e. The van der Waals surface area contributed by atoms with Gasteiger partial charge in [0.05, 0.1) is 40.2 Å². The predicted octanol–water partition coefficient (Wildman–Crippen LogP) is 5.39. The number of hydrogen-bond donors (Lipinski definition) is 1. The van der Waals surface area contributed by atoms with Gasteiger partial charge in [-0.2, -0.15) is 5.10 Å². The number of benzene rings is 4. The molecule has 41 heavy (non-hydrogen) atoms. The quantitative estimate of drug-likeness (QED) is 0.103. The van der Waals surface area contributed by atoms with E-state index in [4.69, 9.17) is 28.4 Å². The molecule has 4 aromatic carbocycles. The lowest BCUT2D eigenvalue weighted by Crippen LogP contribution is -2.24. The fourth-order valence-corrected chi connectivity index (χ4v) is 4.23. The lowest BCUT2D eigenvalue weighted by Gasteiger charge is -2.14. The SMILES string of the molecule is COc1cc(C=NNC(=O)COc2ccc3cc(Br)ccc3c2)ccc1OC(=O)c1cc(OC)c(OC)c(OC)c1. The molecular formula is C30H27BrN2O8. The second-order valence-corrected chi connectivity index (χ2v) is 9.36. The second-order valence-electron chi connectivity index (χ2n) is 8.45. The normalized spacial score (nSPS) is 10.8. The Morgan fingerprint density at radius 1 is 0.780 bits per heavy atom. The lowest BCUT2D eigenvalue weighted by atomic mass is 10.1. The van der Waals surface area contributed by atoms with Gasteiger partial charge < -0.3 is 28.4 Å².